The average Bonchev–Trinajstić information content (AvgIpc) is 3.64. The van der Waals surface area contributed by atoms with Crippen LogP contribution in [-0.2, 0) is 0 Å². The Morgan fingerprint density at radius 1 is 0.892 bits per heavy atom. The molecule has 37 heavy (non-hydrogen) atoms. The van der Waals surface area contributed by atoms with Crippen LogP contribution < -0.4 is 14.8 Å². The maximum Gasteiger partial charge on any atom is 0.255 e. The SMILES string of the molecule is COc1ccc(-c2nn(-c3ccccc3)cc2C(=O)NC(C)c2ccc(-n3cncn3)cc2)cc1OC. The van der Waals surface area contributed by atoms with Crippen LogP contribution in [-0.4, -0.2) is 44.7 Å². The minimum Gasteiger partial charge on any atom is -0.493 e. The number of nitrogens with one attached hydrogen (secondary N) is 1. The fraction of sp³-hybridized carbons (Fsp3) is 0.143. The van der Waals surface area contributed by atoms with Crippen LogP contribution in [0.4, 0.5) is 0 Å². The molecular formula is C28H26N6O3. The van der Waals surface area contributed by atoms with Gasteiger partial charge < -0.3 is 14.8 Å². The third-order valence-corrected chi connectivity index (χ3v) is 6.06. The second-order valence-electron chi connectivity index (χ2n) is 8.37. The fourth-order valence-corrected chi connectivity index (χ4v) is 4.06. The zero-order chi connectivity index (χ0) is 25.8. The molecule has 0 radical (unpaired) electrons. The predicted octanol–water partition coefficient (Wildman–Crippen LogP) is 4.63. The van der Waals surface area contributed by atoms with Crippen molar-refractivity contribution < 1.29 is 14.3 Å². The Morgan fingerprint density at radius 2 is 1.62 bits per heavy atom. The van der Waals surface area contributed by atoms with Gasteiger partial charge in [0.25, 0.3) is 5.91 Å². The molecule has 0 saturated carbocycles. The number of hydrogen-bond donors (Lipinski definition) is 1. The maximum atomic E-state index is 13.6. The Kier molecular flexibility index (Phi) is 6.67. The van der Waals surface area contributed by atoms with E-state index in [4.69, 9.17) is 14.6 Å². The second-order valence-corrected chi connectivity index (χ2v) is 8.37. The minimum atomic E-state index is -0.240. The Morgan fingerprint density at radius 3 is 2.30 bits per heavy atom. The van der Waals surface area contributed by atoms with E-state index < -0.39 is 0 Å². The number of para-hydroxylation sites is 1. The first-order chi connectivity index (χ1) is 18.1. The molecule has 0 saturated heterocycles. The van der Waals surface area contributed by atoms with Crippen molar-refractivity contribution in [3.63, 3.8) is 0 Å². The number of carbonyl (C=O) groups excluding carboxylic acids is 1. The third-order valence-electron chi connectivity index (χ3n) is 6.06. The quantitative estimate of drug-likeness (QED) is 0.338. The van der Waals surface area contributed by atoms with E-state index in [0.717, 1.165) is 22.5 Å². The van der Waals surface area contributed by atoms with Crippen molar-refractivity contribution in [2.24, 2.45) is 0 Å². The van der Waals surface area contributed by atoms with Crippen LogP contribution in [0.3, 0.4) is 0 Å². The van der Waals surface area contributed by atoms with Gasteiger partial charge in [-0.05, 0) is 55.0 Å². The van der Waals surface area contributed by atoms with Gasteiger partial charge >= 0.3 is 0 Å². The van der Waals surface area contributed by atoms with Gasteiger partial charge in [-0.25, -0.2) is 14.3 Å². The van der Waals surface area contributed by atoms with Crippen molar-refractivity contribution in [3.05, 3.63) is 103 Å². The van der Waals surface area contributed by atoms with Gasteiger partial charge in [0.1, 0.15) is 18.3 Å². The zero-order valence-electron chi connectivity index (χ0n) is 20.7. The summed E-state index contributed by atoms with van der Waals surface area (Å²) in [5.41, 5.74) is 4.42. The summed E-state index contributed by atoms with van der Waals surface area (Å²) >= 11 is 0. The molecule has 0 bridgehead atoms. The largest absolute Gasteiger partial charge is 0.493 e. The topological polar surface area (TPSA) is 96.1 Å². The summed E-state index contributed by atoms with van der Waals surface area (Å²) in [5.74, 6) is 0.920. The van der Waals surface area contributed by atoms with Crippen LogP contribution in [0.1, 0.15) is 28.9 Å². The number of amides is 1. The molecule has 3 aromatic carbocycles. The van der Waals surface area contributed by atoms with Crippen LogP contribution >= 0.6 is 0 Å². The van der Waals surface area contributed by atoms with Crippen molar-refractivity contribution in [1.29, 1.82) is 0 Å². The highest BCUT2D eigenvalue weighted by molar-refractivity contribution is 6.00. The van der Waals surface area contributed by atoms with Gasteiger partial charge in [0.2, 0.25) is 0 Å². The first kappa shape index (κ1) is 23.8. The van der Waals surface area contributed by atoms with Crippen molar-refractivity contribution in [3.8, 4) is 34.1 Å². The number of ether oxygens (including phenoxy) is 2. The van der Waals surface area contributed by atoms with Crippen molar-refractivity contribution >= 4 is 5.91 Å². The first-order valence-corrected chi connectivity index (χ1v) is 11.7. The number of nitrogens with zero attached hydrogens (tertiary/aromatic N) is 5. The van der Waals surface area contributed by atoms with Gasteiger partial charge in [-0.15, -0.1) is 0 Å². The highest BCUT2D eigenvalue weighted by Crippen LogP contribution is 2.33. The molecule has 2 aromatic heterocycles. The van der Waals surface area contributed by atoms with Crippen molar-refractivity contribution in [1.82, 2.24) is 29.9 Å². The van der Waals surface area contributed by atoms with Gasteiger partial charge in [0.05, 0.1) is 37.2 Å². The first-order valence-electron chi connectivity index (χ1n) is 11.7. The lowest BCUT2D eigenvalue weighted by atomic mass is 10.0. The van der Waals surface area contributed by atoms with Gasteiger partial charge in [-0.2, -0.15) is 10.2 Å². The molecule has 1 amide bonds. The lowest BCUT2D eigenvalue weighted by Crippen LogP contribution is -2.26. The Labute approximate surface area is 214 Å². The molecule has 0 aliphatic rings. The predicted molar refractivity (Wildman–Crippen MR) is 139 cm³/mol. The molecular weight excluding hydrogens is 468 g/mol. The van der Waals surface area contributed by atoms with Crippen LogP contribution in [0.5, 0.6) is 11.5 Å². The van der Waals surface area contributed by atoms with E-state index in [9.17, 15) is 4.79 Å². The number of carbonyl (C=O) groups is 1. The Bertz CT molecular complexity index is 1500. The van der Waals surface area contributed by atoms with E-state index in [0.29, 0.717) is 22.8 Å². The Hall–Kier alpha value is -4.92. The van der Waals surface area contributed by atoms with Crippen LogP contribution in [0.15, 0.2) is 91.6 Å². The highest BCUT2D eigenvalue weighted by atomic mass is 16.5. The molecule has 0 aliphatic carbocycles. The number of rotatable bonds is 8. The number of aromatic nitrogens is 5. The molecule has 1 atom stereocenters. The smallest absolute Gasteiger partial charge is 0.255 e. The molecule has 0 fully saturated rings. The molecule has 1 N–H and O–H groups in total. The van der Waals surface area contributed by atoms with E-state index in [2.05, 4.69) is 15.4 Å². The van der Waals surface area contributed by atoms with E-state index in [-0.39, 0.29) is 11.9 Å². The summed E-state index contributed by atoms with van der Waals surface area (Å²) in [5, 5.41) is 12.0. The van der Waals surface area contributed by atoms with Gasteiger partial charge in [-0.1, -0.05) is 30.3 Å². The van der Waals surface area contributed by atoms with Crippen LogP contribution in [0, 0.1) is 0 Å². The molecule has 9 nitrogen and oxygen atoms in total. The summed E-state index contributed by atoms with van der Waals surface area (Å²) in [7, 11) is 3.16. The summed E-state index contributed by atoms with van der Waals surface area (Å²) in [6.45, 7) is 1.94. The second kappa shape index (κ2) is 10.4. The van der Waals surface area contributed by atoms with Crippen molar-refractivity contribution in [2.75, 3.05) is 14.2 Å². The van der Waals surface area contributed by atoms with Crippen LogP contribution in [0.2, 0.25) is 0 Å². The zero-order valence-corrected chi connectivity index (χ0v) is 20.7. The monoisotopic (exact) mass is 494 g/mol. The molecule has 186 valence electrons. The summed E-state index contributed by atoms with van der Waals surface area (Å²) in [6, 6.07) is 22.7. The van der Waals surface area contributed by atoms with Gasteiger partial charge in [0, 0.05) is 11.8 Å². The molecule has 1 unspecified atom stereocenters. The third kappa shape index (κ3) is 4.92. The van der Waals surface area contributed by atoms with E-state index >= 15 is 0 Å². The van der Waals surface area contributed by atoms with Gasteiger partial charge in [0.15, 0.2) is 11.5 Å². The standard InChI is InChI=1S/C28H26N6O3/c1-19(20-9-12-23(13-10-20)34-18-29-17-30-34)31-28(35)24-16-33(22-7-5-4-6-8-22)32-27(24)21-11-14-25(36-2)26(15-21)37-3/h4-19H,1-3H3,(H,31,35). The molecule has 0 aliphatic heterocycles. The number of hydrogen-bond acceptors (Lipinski definition) is 6. The lowest BCUT2D eigenvalue weighted by Gasteiger charge is -2.15. The molecule has 2 heterocycles. The fourth-order valence-electron chi connectivity index (χ4n) is 4.06. The van der Waals surface area contributed by atoms with Gasteiger partial charge in [-0.3, -0.25) is 4.79 Å². The molecule has 9 heteroatoms. The van der Waals surface area contributed by atoms with E-state index in [1.165, 1.54) is 6.33 Å². The number of methoxy groups -OCH3 is 2. The molecule has 0 spiro atoms. The average molecular weight is 495 g/mol. The van der Waals surface area contributed by atoms with E-state index in [1.807, 2.05) is 73.7 Å². The normalized spacial score (nSPS) is 11.6. The Balaban J connectivity index is 1.46. The molecule has 5 rings (SSSR count). The van der Waals surface area contributed by atoms with Crippen molar-refractivity contribution in [2.45, 2.75) is 13.0 Å². The molecule has 5 aromatic rings. The van der Waals surface area contributed by atoms with E-state index in [1.54, 1.807) is 42.2 Å². The lowest BCUT2D eigenvalue weighted by molar-refractivity contribution is 0.0940. The number of benzene rings is 3. The highest BCUT2D eigenvalue weighted by Gasteiger charge is 2.22. The minimum absolute atomic E-state index is 0.236. The summed E-state index contributed by atoms with van der Waals surface area (Å²) in [4.78, 5) is 17.5. The summed E-state index contributed by atoms with van der Waals surface area (Å²) in [6.07, 6.45) is 4.87. The summed E-state index contributed by atoms with van der Waals surface area (Å²) < 4.78 is 14.2. The maximum absolute atomic E-state index is 13.6. The van der Waals surface area contributed by atoms with Crippen LogP contribution in [0.25, 0.3) is 22.6 Å².